The van der Waals surface area contributed by atoms with Gasteiger partial charge in [-0.2, -0.15) is 0 Å². The van der Waals surface area contributed by atoms with Gasteiger partial charge < -0.3 is 24.0 Å². The summed E-state index contributed by atoms with van der Waals surface area (Å²) in [5.41, 5.74) is 0.112. The van der Waals surface area contributed by atoms with Crippen molar-refractivity contribution in [1.82, 2.24) is 4.90 Å². The van der Waals surface area contributed by atoms with Gasteiger partial charge in [-0.15, -0.1) is 6.58 Å². The molecule has 0 bridgehead atoms. The minimum atomic E-state index is -3.90. The standard InChI is InChI=1S/C42H52NO8P/c1-6-30-24-42(30,52(47,48)27-28-13-8-7-9-14-28)25-37(44)36-22-33(50-38-18-12-15-29-21-32(49-5)19-20-34(29)38)26-43(36)40(46)35(41(2,3)4)23-39(45)51-31-16-10-11-17-31/h6-9,12-15,18-21,30-31,33,35-36H,1,10-11,16-17,22-27H2,2-5H3,(H,47,48)/t30-,33-,35-,36+,42-/m1/s1. The number of esters is 1. The summed E-state index contributed by atoms with van der Waals surface area (Å²) in [6.45, 7) is 9.80. The van der Waals surface area contributed by atoms with Gasteiger partial charge >= 0.3 is 5.97 Å². The number of hydrogen-bond acceptors (Lipinski definition) is 7. The molecule has 3 aromatic rings. The number of carbonyl (C=O) groups is 3. The first-order valence-corrected chi connectivity index (χ1v) is 20.3. The number of ketones is 1. The number of fused-ring (bicyclic) bond motifs is 1. The van der Waals surface area contributed by atoms with Gasteiger partial charge in [0.25, 0.3) is 0 Å². The van der Waals surface area contributed by atoms with Crippen molar-refractivity contribution in [3.8, 4) is 11.5 Å². The van der Waals surface area contributed by atoms with Gasteiger partial charge in [0.05, 0.1) is 43.4 Å². The smallest absolute Gasteiger partial charge is 0.306 e. The molecular weight excluding hydrogens is 677 g/mol. The van der Waals surface area contributed by atoms with E-state index >= 15 is 0 Å². The number of hydrogen-bond donors (Lipinski definition) is 1. The second-order valence-corrected chi connectivity index (χ2v) is 18.6. The lowest BCUT2D eigenvalue weighted by Gasteiger charge is -2.35. The van der Waals surface area contributed by atoms with Crippen molar-refractivity contribution < 1.29 is 38.1 Å². The van der Waals surface area contributed by atoms with E-state index in [1.807, 2.05) is 87.5 Å². The molecule has 0 aromatic heterocycles. The molecule has 1 heterocycles. The number of methoxy groups -OCH3 is 1. The van der Waals surface area contributed by atoms with Crippen LogP contribution in [0.15, 0.2) is 79.4 Å². The number of rotatable bonds is 14. The lowest BCUT2D eigenvalue weighted by Crippen LogP contribution is -2.48. The van der Waals surface area contributed by atoms with Gasteiger partial charge in [0, 0.05) is 18.2 Å². The summed E-state index contributed by atoms with van der Waals surface area (Å²) in [5, 5.41) is 0.636. The van der Waals surface area contributed by atoms with Crippen LogP contribution in [0, 0.1) is 17.3 Å². The van der Waals surface area contributed by atoms with Crippen LogP contribution < -0.4 is 9.47 Å². The second kappa shape index (κ2) is 15.2. The average Bonchev–Trinajstić information content (AvgIpc) is 3.37. The van der Waals surface area contributed by atoms with Gasteiger partial charge in [0.2, 0.25) is 13.3 Å². The highest BCUT2D eigenvalue weighted by Crippen LogP contribution is 2.74. The third-order valence-electron chi connectivity index (χ3n) is 11.4. The van der Waals surface area contributed by atoms with Crippen LogP contribution in [0.5, 0.6) is 11.5 Å². The van der Waals surface area contributed by atoms with Gasteiger partial charge in [0.15, 0.2) is 5.78 Å². The normalized spacial score (nSPS) is 24.9. The van der Waals surface area contributed by atoms with E-state index in [9.17, 15) is 23.8 Å². The number of nitrogens with zero attached hydrogens (tertiary/aromatic N) is 1. The van der Waals surface area contributed by atoms with E-state index in [0.29, 0.717) is 17.9 Å². The molecule has 3 fully saturated rings. The highest BCUT2D eigenvalue weighted by molar-refractivity contribution is 7.59. The molecule has 1 N–H and O–H groups in total. The molecule has 6 atom stereocenters. The van der Waals surface area contributed by atoms with Gasteiger partial charge in [-0.3, -0.25) is 18.9 Å². The minimum Gasteiger partial charge on any atom is -0.497 e. The summed E-state index contributed by atoms with van der Waals surface area (Å²) >= 11 is 0. The summed E-state index contributed by atoms with van der Waals surface area (Å²) in [6, 6.07) is 19.7. The molecule has 2 saturated carbocycles. The highest BCUT2D eigenvalue weighted by Gasteiger charge is 2.65. The van der Waals surface area contributed by atoms with Crippen LogP contribution in [-0.2, 0) is 29.8 Å². The molecule has 2 aliphatic carbocycles. The maximum Gasteiger partial charge on any atom is 0.306 e. The third kappa shape index (κ3) is 8.01. The number of benzene rings is 3. The Kier molecular flexibility index (Phi) is 11.0. The fourth-order valence-corrected chi connectivity index (χ4v) is 10.7. The summed E-state index contributed by atoms with van der Waals surface area (Å²) < 4.78 is 32.0. The summed E-state index contributed by atoms with van der Waals surface area (Å²) in [6.07, 6.45) is 4.98. The zero-order chi connectivity index (χ0) is 37.3. The van der Waals surface area contributed by atoms with Gasteiger partial charge in [-0.25, -0.2) is 0 Å². The Bertz CT molecular complexity index is 1850. The maximum atomic E-state index is 14.7. The number of ether oxygens (including phenoxy) is 3. The van der Waals surface area contributed by atoms with Crippen LogP contribution in [0.2, 0.25) is 0 Å². The summed E-state index contributed by atoms with van der Waals surface area (Å²) in [7, 11) is -2.28. The van der Waals surface area contributed by atoms with Crippen LogP contribution in [-0.4, -0.2) is 64.5 Å². The fraction of sp³-hybridized carbons (Fsp3) is 0.500. The molecule has 1 unspecified atom stereocenters. The molecule has 3 aromatic carbocycles. The number of likely N-dealkylation sites (tertiary alicyclic amines) is 1. The molecule has 52 heavy (non-hydrogen) atoms. The zero-order valence-electron chi connectivity index (χ0n) is 30.8. The number of Topliss-reactive ketones (excluding diaryl/α,β-unsaturated/α-hetero) is 1. The van der Waals surface area contributed by atoms with E-state index in [-0.39, 0.29) is 55.7 Å². The van der Waals surface area contributed by atoms with Crippen LogP contribution >= 0.6 is 7.37 Å². The van der Waals surface area contributed by atoms with Crippen molar-refractivity contribution in [2.45, 2.75) is 102 Å². The number of amides is 1. The SMILES string of the molecule is C=C[C@@H]1C[C@]1(CC(=O)[C@@H]1C[C@@H](Oc2cccc3cc(OC)ccc23)CN1C(=O)[C@@H](CC(=O)OC1CCCC1)C(C)(C)C)P(=O)(O)Cc1ccccc1. The monoisotopic (exact) mass is 729 g/mol. The van der Waals surface area contributed by atoms with E-state index in [0.717, 1.165) is 42.0 Å². The second-order valence-electron chi connectivity index (χ2n) is 16.0. The Hall–Kier alpha value is -3.94. The largest absolute Gasteiger partial charge is 0.497 e. The highest BCUT2D eigenvalue weighted by atomic mass is 31.2. The molecule has 0 spiro atoms. The van der Waals surface area contributed by atoms with Crippen molar-refractivity contribution in [3.05, 3.63) is 84.9 Å². The van der Waals surface area contributed by atoms with Crippen LogP contribution in [0.1, 0.15) is 77.7 Å². The van der Waals surface area contributed by atoms with Crippen LogP contribution in [0.4, 0.5) is 0 Å². The lowest BCUT2D eigenvalue weighted by atomic mass is 9.77. The van der Waals surface area contributed by atoms with Gasteiger partial charge in [-0.1, -0.05) is 69.3 Å². The van der Waals surface area contributed by atoms with Crippen molar-refractivity contribution in [3.63, 3.8) is 0 Å². The van der Waals surface area contributed by atoms with Crippen LogP contribution in [0.25, 0.3) is 10.8 Å². The predicted molar refractivity (Wildman–Crippen MR) is 202 cm³/mol. The summed E-state index contributed by atoms with van der Waals surface area (Å²) in [5.74, 6) is -0.722. The number of carbonyl (C=O) groups excluding carboxylic acids is 3. The maximum absolute atomic E-state index is 14.7. The summed E-state index contributed by atoms with van der Waals surface area (Å²) in [4.78, 5) is 55.6. The van der Waals surface area contributed by atoms with Crippen molar-refractivity contribution in [1.29, 1.82) is 0 Å². The molecule has 0 radical (unpaired) electrons. The Morgan fingerprint density at radius 3 is 2.42 bits per heavy atom. The Morgan fingerprint density at radius 1 is 1.04 bits per heavy atom. The predicted octanol–water partition coefficient (Wildman–Crippen LogP) is 8.11. The molecule has 3 aliphatic rings. The van der Waals surface area contributed by atoms with Gasteiger partial charge in [0.1, 0.15) is 23.7 Å². The van der Waals surface area contributed by atoms with Crippen molar-refractivity contribution >= 4 is 35.8 Å². The third-order valence-corrected chi connectivity index (χ3v) is 14.2. The number of allylic oxidation sites excluding steroid dienone is 1. The van der Waals surface area contributed by atoms with Crippen LogP contribution in [0.3, 0.4) is 0 Å². The topological polar surface area (TPSA) is 119 Å². The molecule has 1 amide bonds. The molecule has 1 saturated heterocycles. The van der Waals surface area contributed by atoms with Crippen molar-refractivity contribution in [2.75, 3.05) is 13.7 Å². The lowest BCUT2D eigenvalue weighted by molar-refractivity contribution is -0.156. The quantitative estimate of drug-likeness (QED) is 0.100. The zero-order valence-corrected chi connectivity index (χ0v) is 31.7. The molecular formula is C42H52NO8P. The minimum absolute atomic E-state index is 0.0500. The Labute approximate surface area is 307 Å². The van der Waals surface area contributed by atoms with Gasteiger partial charge in [-0.05, 0) is 78.7 Å². The first-order chi connectivity index (χ1) is 24.7. The molecule has 9 nitrogen and oxygen atoms in total. The van der Waals surface area contributed by atoms with Crippen molar-refractivity contribution in [2.24, 2.45) is 17.3 Å². The molecule has 1 aliphatic heterocycles. The molecule has 6 rings (SSSR count). The first kappa shape index (κ1) is 37.8. The average molecular weight is 730 g/mol. The fourth-order valence-electron chi connectivity index (χ4n) is 8.20. The Balaban J connectivity index is 1.29. The van der Waals surface area contributed by atoms with E-state index in [2.05, 4.69) is 6.58 Å². The molecule has 10 heteroatoms. The van der Waals surface area contributed by atoms with E-state index in [1.165, 1.54) is 0 Å². The van der Waals surface area contributed by atoms with E-state index in [4.69, 9.17) is 14.2 Å². The first-order valence-electron chi connectivity index (χ1n) is 18.5. The van der Waals surface area contributed by atoms with E-state index in [1.54, 1.807) is 18.1 Å². The molecule has 278 valence electrons. The Morgan fingerprint density at radius 2 is 1.77 bits per heavy atom. The van der Waals surface area contributed by atoms with E-state index < -0.39 is 42.0 Å².